The van der Waals surface area contributed by atoms with Crippen LogP contribution in [-0.4, -0.2) is 51.4 Å². The maximum Gasteiger partial charge on any atom is 0.247 e. The summed E-state index contributed by atoms with van der Waals surface area (Å²) < 4.78 is 32.7. The van der Waals surface area contributed by atoms with Crippen molar-refractivity contribution in [3.8, 4) is 0 Å². The van der Waals surface area contributed by atoms with Crippen molar-refractivity contribution >= 4 is 33.4 Å². The highest BCUT2D eigenvalue weighted by atomic mass is 35.5. The zero-order chi connectivity index (χ0) is 28.5. The molecular weight excluding hydrogens is 550 g/mol. The summed E-state index contributed by atoms with van der Waals surface area (Å²) in [6.45, 7) is 0.865. The molecule has 0 saturated heterocycles. The Bertz CT molecular complexity index is 1380. The molecule has 0 radical (unpaired) electrons. The minimum Gasteiger partial charge on any atom is -0.383 e. The first-order valence-corrected chi connectivity index (χ1v) is 15.1. The van der Waals surface area contributed by atoms with Crippen molar-refractivity contribution in [2.24, 2.45) is 0 Å². The average Bonchev–Trinajstić information content (AvgIpc) is 3.77. The summed E-state index contributed by atoms with van der Waals surface area (Å²) in [6.07, 6.45) is 2.24. The molecule has 2 amide bonds. The van der Waals surface area contributed by atoms with Crippen molar-refractivity contribution in [3.05, 3.63) is 101 Å². The molecule has 40 heavy (non-hydrogen) atoms. The Morgan fingerprint density at radius 1 is 0.975 bits per heavy atom. The molecule has 8 nitrogen and oxygen atoms in total. The Hall–Kier alpha value is -3.24. The molecule has 0 unspecified atom stereocenters. The van der Waals surface area contributed by atoms with E-state index in [1.54, 1.807) is 48.4 Å². The van der Waals surface area contributed by atoms with E-state index in [4.69, 9.17) is 16.3 Å². The number of ether oxygens (including phenoxy) is 1. The van der Waals surface area contributed by atoms with Crippen molar-refractivity contribution in [3.63, 3.8) is 0 Å². The molecule has 4 rings (SSSR count). The van der Waals surface area contributed by atoms with E-state index in [-0.39, 0.29) is 35.7 Å². The zero-order valence-electron chi connectivity index (χ0n) is 22.4. The van der Waals surface area contributed by atoms with Crippen LogP contribution in [0.3, 0.4) is 0 Å². The highest BCUT2D eigenvalue weighted by molar-refractivity contribution is 7.89. The number of hydrogen-bond acceptors (Lipinski definition) is 5. The van der Waals surface area contributed by atoms with Gasteiger partial charge in [-0.2, -0.15) is 0 Å². The summed E-state index contributed by atoms with van der Waals surface area (Å²) in [5, 5.41) is 3.46. The monoisotopic (exact) mass is 583 g/mol. The Balaban J connectivity index is 1.54. The van der Waals surface area contributed by atoms with E-state index in [1.165, 1.54) is 0 Å². The molecule has 0 aromatic heterocycles. The molecule has 10 heteroatoms. The van der Waals surface area contributed by atoms with Gasteiger partial charge < -0.3 is 15.0 Å². The summed E-state index contributed by atoms with van der Waals surface area (Å²) in [7, 11) is -1.99. The van der Waals surface area contributed by atoms with Gasteiger partial charge >= 0.3 is 0 Å². The lowest BCUT2D eigenvalue weighted by molar-refractivity contribution is -0.141. The number of halogens is 1. The van der Waals surface area contributed by atoms with Crippen molar-refractivity contribution in [2.75, 3.05) is 20.3 Å². The molecule has 1 saturated carbocycles. The van der Waals surface area contributed by atoms with E-state index in [0.717, 1.165) is 24.0 Å². The Morgan fingerprint density at radius 2 is 1.62 bits per heavy atom. The van der Waals surface area contributed by atoms with Gasteiger partial charge in [0.25, 0.3) is 0 Å². The second kappa shape index (κ2) is 13.9. The van der Waals surface area contributed by atoms with Gasteiger partial charge in [0, 0.05) is 37.7 Å². The minimum absolute atomic E-state index is 0.0261. The van der Waals surface area contributed by atoms with Crippen LogP contribution in [0.2, 0.25) is 5.02 Å². The number of nitrogens with zero attached hydrogens (tertiary/aromatic N) is 1. The molecule has 3 aromatic carbocycles. The van der Waals surface area contributed by atoms with E-state index in [0.29, 0.717) is 30.2 Å². The van der Waals surface area contributed by atoms with Crippen LogP contribution in [0.25, 0.3) is 0 Å². The van der Waals surface area contributed by atoms with E-state index >= 15 is 0 Å². The second-order valence-electron chi connectivity index (χ2n) is 9.78. The molecule has 1 fully saturated rings. The molecule has 0 aliphatic heterocycles. The minimum atomic E-state index is -3.55. The van der Waals surface area contributed by atoms with Gasteiger partial charge in [0.1, 0.15) is 6.04 Å². The largest absolute Gasteiger partial charge is 0.383 e. The van der Waals surface area contributed by atoms with E-state index in [2.05, 4.69) is 10.0 Å². The molecule has 0 heterocycles. The standard InChI is InChI=1S/C30H34ClN3O5S/c1-39-20-19-32-30(36)29(24-5-3-2-4-6-24)34(21-23-7-12-25(31)13-8-23)28(35)18-11-22-9-16-27(17-10-22)40(37,38)33-26-14-15-26/h2-10,12-13,16-17,26,29,33H,11,14-15,18-21H2,1H3,(H,32,36)/t29-/m1/s1. The molecule has 212 valence electrons. The first-order chi connectivity index (χ1) is 19.3. The number of carbonyl (C=O) groups is 2. The number of methoxy groups -OCH3 is 1. The van der Waals surface area contributed by atoms with Crippen LogP contribution in [0.1, 0.15) is 42.0 Å². The smallest absolute Gasteiger partial charge is 0.247 e. The molecule has 0 spiro atoms. The van der Waals surface area contributed by atoms with Gasteiger partial charge in [0.05, 0.1) is 11.5 Å². The molecule has 1 aliphatic rings. The lowest BCUT2D eigenvalue weighted by Crippen LogP contribution is -2.44. The van der Waals surface area contributed by atoms with Crippen LogP contribution in [0.5, 0.6) is 0 Å². The summed E-state index contributed by atoms with van der Waals surface area (Å²) in [5.74, 6) is -0.513. The zero-order valence-corrected chi connectivity index (χ0v) is 24.0. The third-order valence-corrected chi connectivity index (χ3v) is 8.42. The molecular formula is C30H34ClN3O5S. The molecule has 3 aromatic rings. The van der Waals surface area contributed by atoms with Gasteiger partial charge in [-0.3, -0.25) is 9.59 Å². The van der Waals surface area contributed by atoms with E-state index in [1.807, 2.05) is 42.5 Å². The molecule has 1 atom stereocenters. The molecule has 2 N–H and O–H groups in total. The maximum absolute atomic E-state index is 13.8. The van der Waals surface area contributed by atoms with Crippen LogP contribution >= 0.6 is 11.6 Å². The number of sulfonamides is 1. The maximum atomic E-state index is 13.8. The van der Waals surface area contributed by atoms with E-state index < -0.39 is 16.1 Å². The van der Waals surface area contributed by atoms with Gasteiger partial charge in [-0.05, 0) is 60.2 Å². The summed E-state index contributed by atoms with van der Waals surface area (Å²) >= 11 is 6.08. The fourth-order valence-electron chi connectivity index (χ4n) is 4.31. The van der Waals surface area contributed by atoms with Gasteiger partial charge in [0.15, 0.2) is 0 Å². The number of aryl methyl sites for hydroxylation is 1. The average molecular weight is 584 g/mol. The lowest BCUT2D eigenvalue weighted by atomic mass is 10.0. The van der Waals surface area contributed by atoms with Crippen molar-refractivity contribution in [2.45, 2.75) is 49.2 Å². The number of rotatable bonds is 14. The first-order valence-electron chi connectivity index (χ1n) is 13.2. The van der Waals surface area contributed by atoms with Crippen LogP contribution in [0.4, 0.5) is 0 Å². The Labute approximate surface area is 240 Å². The SMILES string of the molecule is COCCNC(=O)[C@@H](c1ccccc1)N(Cc1ccc(Cl)cc1)C(=O)CCc1ccc(S(=O)(=O)NC2CC2)cc1. The number of benzene rings is 3. The highest BCUT2D eigenvalue weighted by Gasteiger charge is 2.31. The van der Waals surface area contributed by atoms with Crippen LogP contribution in [-0.2, 0) is 37.3 Å². The lowest BCUT2D eigenvalue weighted by Gasteiger charge is -2.32. The van der Waals surface area contributed by atoms with Crippen molar-refractivity contribution in [1.29, 1.82) is 0 Å². The fourth-order valence-corrected chi connectivity index (χ4v) is 5.74. The van der Waals surface area contributed by atoms with Crippen molar-refractivity contribution in [1.82, 2.24) is 14.9 Å². The topological polar surface area (TPSA) is 105 Å². The summed E-state index contributed by atoms with van der Waals surface area (Å²) in [5.41, 5.74) is 2.35. The second-order valence-corrected chi connectivity index (χ2v) is 11.9. The fraction of sp³-hybridized carbons (Fsp3) is 0.333. The van der Waals surface area contributed by atoms with E-state index in [9.17, 15) is 18.0 Å². The third-order valence-electron chi connectivity index (χ3n) is 6.63. The summed E-state index contributed by atoms with van der Waals surface area (Å²) in [6, 6.07) is 22.1. The number of hydrogen-bond donors (Lipinski definition) is 2. The predicted octanol–water partition coefficient (Wildman–Crippen LogP) is 4.25. The van der Waals surface area contributed by atoms with Gasteiger partial charge in [-0.1, -0.05) is 66.2 Å². The van der Waals surface area contributed by atoms with Gasteiger partial charge in [-0.15, -0.1) is 0 Å². The number of carbonyl (C=O) groups excluding carboxylic acids is 2. The highest BCUT2D eigenvalue weighted by Crippen LogP contribution is 2.26. The van der Waals surface area contributed by atoms with Gasteiger partial charge in [0.2, 0.25) is 21.8 Å². The van der Waals surface area contributed by atoms with Crippen LogP contribution < -0.4 is 10.0 Å². The van der Waals surface area contributed by atoms with Crippen LogP contribution in [0, 0.1) is 0 Å². The third kappa shape index (κ3) is 8.38. The predicted molar refractivity (Wildman–Crippen MR) is 154 cm³/mol. The Kier molecular flexibility index (Phi) is 10.3. The number of nitrogens with one attached hydrogen (secondary N) is 2. The van der Waals surface area contributed by atoms with Gasteiger partial charge in [-0.25, -0.2) is 13.1 Å². The first kappa shape index (κ1) is 29.7. The summed E-state index contributed by atoms with van der Waals surface area (Å²) in [4.78, 5) is 29.0. The quantitative estimate of drug-likeness (QED) is 0.276. The number of amides is 2. The van der Waals surface area contributed by atoms with Crippen molar-refractivity contribution < 1.29 is 22.7 Å². The molecule has 1 aliphatic carbocycles. The Morgan fingerprint density at radius 3 is 2.25 bits per heavy atom. The normalized spacial score (nSPS) is 13.9. The van der Waals surface area contributed by atoms with Crippen LogP contribution in [0.15, 0.2) is 83.8 Å². The molecule has 0 bridgehead atoms.